The monoisotopic (exact) mass is 298 g/mol. The maximum absolute atomic E-state index is 12.1. The number of carbonyl (C=O) groups is 1. The minimum atomic E-state index is -0.595. The van der Waals surface area contributed by atoms with Gasteiger partial charge in [-0.2, -0.15) is 0 Å². The number of nitrogens with one attached hydrogen (secondary N) is 1. The first-order valence-corrected chi connectivity index (χ1v) is 8.17. The lowest BCUT2D eigenvalue weighted by molar-refractivity contribution is -0.148. The molecule has 4 heteroatoms. The van der Waals surface area contributed by atoms with Gasteiger partial charge in [0.25, 0.3) is 0 Å². The molecule has 1 fully saturated rings. The van der Waals surface area contributed by atoms with E-state index in [1.165, 1.54) is 13.5 Å². The van der Waals surface area contributed by atoms with Gasteiger partial charge in [-0.3, -0.25) is 10.1 Å². The zero-order chi connectivity index (χ0) is 16.3. The van der Waals surface area contributed by atoms with Gasteiger partial charge in [0.1, 0.15) is 5.54 Å². The Balaban J connectivity index is 2.57. The highest BCUT2D eigenvalue weighted by atomic mass is 16.5. The number of carbonyl (C=O) groups excluding carboxylic acids is 1. The molecular weight excluding hydrogens is 264 g/mol. The van der Waals surface area contributed by atoms with Crippen molar-refractivity contribution >= 4 is 5.97 Å². The molecule has 0 aliphatic carbocycles. The quantitative estimate of drug-likeness (QED) is 0.766. The van der Waals surface area contributed by atoms with Crippen molar-refractivity contribution in [3.8, 4) is 0 Å². The normalized spacial score (nSPS) is 23.3. The average Bonchev–Trinajstić information content (AvgIpc) is 2.83. The van der Waals surface area contributed by atoms with Gasteiger partial charge < -0.3 is 9.64 Å². The van der Waals surface area contributed by atoms with E-state index in [2.05, 4.69) is 44.8 Å². The zero-order valence-corrected chi connectivity index (χ0v) is 15.0. The standard InChI is InChI=1S/C17H34N2O2/c1-13(2)18-17(6,15(20)21-7)9-11-19-10-8-14(12-19)16(3,4)5/h13-14,18H,8-12H2,1-7H3. The number of ether oxygens (including phenoxy) is 1. The van der Waals surface area contributed by atoms with Gasteiger partial charge in [0.05, 0.1) is 7.11 Å². The molecule has 0 aromatic carbocycles. The third-order valence-corrected chi connectivity index (χ3v) is 4.67. The molecule has 1 aliphatic heterocycles. The van der Waals surface area contributed by atoms with E-state index in [1.54, 1.807) is 0 Å². The second-order valence-electron chi connectivity index (χ2n) is 8.02. The molecule has 0 radical (unpaired) electrons. The Morgan fingerprint density at radius 1 is 1.33 bits per heavy atom. The summed E-state index contributed by atoms with van der Waals surface area (Å²) >= 11 is 0. The maximum atomic E-state index is 12.1. The first-order valence-electron chi connectivity index (χ1n) is 8.17. The molecule has 124 valence electrons. The molecule has 0 amide bonds. The lowest BCUT2D eigenvalue weighted by atomic mass is 9.80. The first-order chi connectivity index (χ1) is 9.58. The van der Waals surface area contributed by atoms with Gasteiger partial charge in [-0.25, -0.2) is 0 Å². The van der Waals surface area contributed by atoms with E-state index in [4.69, 9.17) is 4.74 Å². The number of methoxy groups -OCH3 is 1. The van der Waals surface area contributed by atoms with Crippen LogP contribution in [0.5, 0.6) is 0 Å². The molecule has 0 saturated carbocycles. The summed E-state index contributed by atoms with van der Waals surface area (Å²) in [6, 6.07) is 0.259. The molecule has 2 atom stereocenters. The van der Waals surface area contributed by atoms with Crippen LogP contribution in [0.25, 0.3) is 0 Å². The third kappa shape index (κ3) is 5.26. The van der Waals surface area contributed by atoms with Crippen LogP contribution in [0.2, 0.25) is 0 Å². The van der Waals surface area contributed by atoms with Crippen molar-refractivity contribution in [2.24, 2.45) is 11.3 Å². The Bertz CT molecular complexity index is 349. The van der Waals surface area contributed by atoms with Crippen LogP contribution < -0.4 is 5.32 Å². The molecule has 1 heterocycles. The molecule has 1 rings (SSSR count). The predicted octanol–water partition coefficient (Wildman–Crippen LogP) is 2.67. The van der Waals surface area contributed by atoms with Gasteiger partial charge in [0.15, 0.2) is 0 Å². The van der Waals surface area contributed by atoms with Crippen LogP contribution in [0.4, 0.5) is 0 Å². The summed E-state index contributed by atoms with van der Waals surface area (Å²) in [5, 5.41) is 3.37. The Kier molecular flexibility index (Phi) is 6.23. The smallest absolute Gasteiger partial charge is 0.325 e. The van der Waals surface area contributed by atoms with Crippen LogP contribution in [-0.2, 0) is 9.53 Å². The molecule has 0 bridgehead atoms. The Morgan fingerprint density at radius 2 is 1.95 bits per heavy atom. The fourth-order valence-electron chi connectivity index (χ4n) is 3.22. The summed E-state index contributed by atoms with van der Waals surface area (Å²) in [6.07, 6.45) is 2.05. The molecule has 4 nitrogen and oxygen atoms in total. The van der Waals surface area contributed by atoms with Gasteiger partial charge in [0.2, 0.25) is 0 Å². The van der Waals surface area contributed by atoms with Crippen LogP contribution in [0.3, 0.4) is 0 Å². The molecule has 2 unspecified atom stereocenters. The molecular formula is C17H34N2O2. The summed E-state index contributed by atoms with van der Waals surface area (Å²) in [5.74, 6) is 0.586. The van der Waals surface area contributed by atoms with Crippen LogP contribution in [0.15, 0.2) is 0 Å². The summed E-state index contributed by atoms with van der Waals surface area (Å²) < 4.78 is 4.99. The summed E-state index contributed by atoms with van der Waals surface area (Å²) in [7, 11) is 1.47. The predicted molar refractivity (Wildman–Crippen MR) is 87.3 cm³/mol. The van der Waals surface area contributed by atoms with E-state index in [0.717, 1.165) is 32.0 Å². The topological polar surface area (TPSA) is 41.6 Å². The van der Waals surface area contributed by atoms with Gasteiger partial charge in [-0.1, -0.05) is 20.8 Å². The molecule has 1 N–H and O–H groups in total. The SMILES string of the molecule is COC(=O)C(C)(CCN1CCC(C(C)(C)C)C1)NC(C)C. The van der Waals surface area contributed by atoms with E-state index in [1.807, 2.05) is 6.92 Å². The minimum Gasteiger partial charge on any atom is -0.468 e. The number of nitrogens with zero attached hydrogens (tertiary/aromatic N) is 1. The molecule has 1 saturated heterocycles. The van der Waals surface area contributed by atoms with Crippen molar-refractivity contribution in [2.45, 2.75) is 66.0 Å². The van der Waals surface area contributed by atoms with E-state index in [-0.39, 0.29) is 12.0 Å². The van der Waals surface area contributed by atoms with E-state index < -0.39 is 5.54 Å². The average molecular weight is 298 g/mol. The van der Waals surface area contributed by atoms with Gasteiger partial charge in [-0.05, 0) is 51.5 Å². The van der Waals surface area contributed by atoms with Crippen molar-refractivity contribution in [2.75, 3.05) is 26.7 Å². The highest BCUT2D eigenvalue weighted by molar-refractivity contribution is 5.80. The lowest BCUT2D eigenvalue weighted by Crippen LogP contribution is -2.54. The lowest BCUT2D eigenvalue weighted by Gasteiger charge is -2.32. The van der Waals surface area contributed by atoms with Crippen molar-refractivity contribution in [1.29, 1.82) is 0 Å². The second kappa shape index (κ2) is 7.10. The summed E-state index contributed by atoms with van der Waals surface area (Å²) in [4.78, 5) is 14.6. The fraction of sp³-hybridized carbons (Fsp3) is 0.941. The fourth-order valence-corrected chi connectivity index (χ4v) is 3.22. The number of esters is 1. The van der Waals surface area contributed by atoms with Gasteiger partial charge in [-0.15, -0.1) is 0 Å². The highest BCUT2D eigenvalue weighted by Crippen LogP contribution is 2.33. The van der Waals surface area contributed by atoms with Crippen molar-refractivity contribution in [1.82, 2.24) is 10.2 Å². The number of rotatable bonds is 6. The Labute approximate surface area is 130 Å². The molecule has 21 heavy (non-hydrogen) atoms. The maximum Gasteiger partial charge on any atom is 0.325 e. The molecule has 1 aliphatic rings. The van der Waals surface area contributed by atoms with E-state index in [9.17, 15) is 4.79 Å². The summed E-state index contributed by atoms with van der Waals surface area (Å²) in [6.45, 7) is 16.3. The Hall–Kier alpha value is -0.610. The number of likely N-dealkylation sites (tertiary alicyclic amines) is 1. The second-order valence-corrected chi connectivity index (χ2v) is 8.02. The van der Waals surface area contributed by atoms with Crippen molar-refractivity contribution < 1.29 is 9.53 Å². The van der Waals surface area contributed by atoms with Gasteiger partial charge in [0, 0.05) is 19.1 Å². The highest BCUT2D eigenvalue weighted by Gasteiger charge is 2.37. The van der Waals surface area contributed by atoms with Crippen LogP contribution in [-0.4, -0.2) is 49.2 Å². The van der Waals surface area contributed by atoms with Crippen molar-refractivity contribution in [3.05, 3.63) is 0 Å². The van der Waals surface area contributed by atoms with Crippen molar-refractivity contribution in [3.63, 3.8) is 0 Å². The largest absolute Gasteiger partial charge is 0.468 e. The van der Waals surface area contributed by atoms with E-state index >= 15 is 0 Å². The number of hydrogen-bond donors (Lipinski definition) is 1. The van der Waals surface area contributed by atoms with Gasteiger partial charge >= 0.3 is 5.97 Å². The van der Waals surface area contributed by atoms with Crippen LogP contribution in [0, 0.1) is 11.3 Å². The Morgan fingerprint density at radius 3 is 2.38 bits per heavy atom. The summed E-state index contributed by atoms with van der Waals surface area (Å²) in [5.41, 5.74) is -0.223. The third-order valence-electron chi connectivity index (χ3n) is 4.67. The zero-order valence-electron chi connectivity index (χ0n) is 15.0. The van der Waals surface area contributed by atoms with Crippen LogP contribution >= 0.6 is 0 Å². The molecule has 0 aromatic rings. The first kappa shape index (κ1) is 18.4. The van der Waals surface area contributed by atoms with Crippen LogP contribution in [0.1, 0.15) is 54.4 Å². The van der Waals surface area contributed by atoms with E-state index in [0.29, 0.717) is 5.41 Å². The minimum absolute atomic E-state index is 0.164. The number of hydrogen-bond acceptors (Lipinski definition) is 4. The molecule has 0 aromatic heterocycles. The molecule has 0 spiro atoms.